The van der Waals surface area contributed by atoms with Crippen LogP contribution in [0.15, 0.2) is 36.4 Å². The second-order valence-corrected chi connectivity index (χ2v) is 5.36. The molecule has 0 aliphatic rings. The van der Waals surface area contributed by atoms with Gasteiger partial charge in [-0.25, -0.2) is 0 Å². The van der Waals surface area contributed by atoms with Crippen LogP contribution in [0.2, 0.25) is 0 Å². The van der Waals surface area contributed by atoms with E-state index in [4.69, 9.17) is 0 Å². The summed E-state index contributed by atoms with van der Waals surface area (Å²) in [5.41, 5.74) is 6.53. The average molecular weight is 252 g/mol. The van der Waals surface area contributed by atoms with Gasteiger partial charge in [0.25, 0.3) is 0 Å². The van der Waals surface area contributed by atoms with Crippen LogP contribution in [-0.2, 0) is 6.42 Å². The molecule has 0 amide bonds. The Balaban J connectivity index is 2.31. The predicted octanol–water partition coefficient (Wildman–Crippen LogP) is 4.35. The molecule has 1 nitrogen and oxygen atoms in total. The highest BCUT2D eigenvalue weighted by molar-refractivity contribution is 6.00. The van der Waals surface area contributed by atoms with E-state index >= 15 is 0 Å². The van der Waals surface area contributed by atoms with Crippen LogP contribution in [0.25, 0.3) is 0 Å². The van der Waals surface area contributed by atoms with E-state index in [0.29, 0.717) is 6.42 Å². The van der Waals surface area contributed by atoms with Crippen molar-refractivity contribution in [1.29, 1.82) is 0 Å². The number of aryl methyl sites for hydroxylation is 4. The number of rotatable bonds is 3. The van der Waals surface area contributed by atoms with Gasteiger partial charge in [-0.05, 0) is 44.4 Å². The van der Waals surface area contributed by atoms with E-state index in [2.05, 4.69) is 32.0 Å². The molecule has 0 aromatic heterocycles. The van der Waals surface area contributed by atoms with Crippen LogP contribution in [0.5, 0.6) is 0 Å². The number of ketones is 1. The van der Waals surface area contributed by atoms with Gasteiger partial charge in [0.2, 0.25) is 0 Å². The lowest BCUT2D eigenvalue weighted by atomic mass is 9.94. The fourth-order valence-corrected chi connectivity index (χ4v) is 2.70. The van der Waals surface area contributed by atoms with Crippen molar-refractivity contribution in [3.63, 3.8) is 0 Å². The molecular weight excluding hydrogens is 232 g/mol. The standard InChI is InChI=1S/C18H20O/c1-12-8-13(2)10-16(9-12)11-17(19)18-14(3)6-5-7-15(18)4/h5-10H,11H2,1-4H3. The van der Waals surface area contributed by atoms with Gasteiger partial charge in [0.05, 0.1) is 0 Å². The summed E-state index contributed by atoms with van der Waals surface area (Å²) >= 11 is 0. The van der Waals surface area contributed by atoms with Crippen LogP contribution in [0.3, 0.4) is 0 Å². The molecule has 0 aliphatic carbocycles. The molecule has 98 valence electrons. The Morgan fingerprint density at radius 1 is 0.895 bits per heavy atom. The molecule has 2 rings (SSSR count). The summed E-state index contributed by atoms with van der Waals surface area (Å²) in [6.45, 7) is 8.14. The van der Waals surface area contributed by atoms with Crippen molar-refractivity contribution in [1.82, 2.24) is 0 Å². The average Bonchev–Trinajstić information content (AvgIpc) is 2.26. The van der Waals surface area contributed by atoms with Gasteiger partial charge in [0.1, 0.15) is 0 Å². The summed E-state index contributed by atoms with van der Waals surface area (Å²) in [6, 6.07) is 12.3. The van der Waals surface area contributed by atoms with Crippen molar-refractivity contribution in [2.45, 2.75) is 34.1 Å². The van der Waals surface area contributed by atoms with Gasteiger partial charge in [-0.15, -0.1) is 0 Å². The molecule has 0 radical (unpaired) electrons. The molecule has 1 heteroatoms. The zero-order valence-corrected chi connectivity index (χ0v) is 12.1. The first-order valence-electron chi connectivity index (χ1n) is 6.64. The zero-order valence-electron chi connectivity index (χ0n) is 12.1. The SMILES string of the molecule is Cc1cc(C)cc(CC(=O)c2c(C)cccc2C)c1. The first kappa shape index (κ1) is 13.5. The normalized spacial score (nSPS) is 10.5. The van der Waals surface area contributed by atoms with Crippen LogP contribution in [0.1, 0.15) is 38.2 Å². The Hall–Kier alpha value is -1.89. The molecule has 0 aliphatic heterocycles. The fourth-order valence-electron chi connectivity index (χ4n) is 2.70. The minimum Gasteiger partial charge on any atom is -0.294 e. The third kappa shape index (κ3) is 3.11. The van der Waals surface area contributed by atoms with Crippen molar-refractivity contribution in [3.8, 4) is 0 Å². The van der Waals surface area contributed by atoms with Crippen molar-refractivity contribution >= 4 is 5.78 Å². The summed E-state index contributed by atoms with van der Waals surface area (Å²) in [7, 11) is 0. The minimum absolute atomic E-state index is 0.209. The summed E-state index contributed by atoms with van der Waals surface area (Å²) in [4.78, 5) is 12.5. The maximum Gasteiger partial charge on any atom is 0.167 e. The van der Waals surface area contributed by atoms with Crippen LogP contribution < -0.4 is 0 Å². The number of carbonyl (C=O) groups excluding carboxylic acids is 1. The summed E-state index contributed by atoms with van der Waals surface area (Å²) in [5, 5.41) is 0. The Labute approximate surface area is 115 Å². The van der Waals surface area contributed by atoms with Gasteiger partial charge in [0, 0.05) is 12.0 Å². The molecule has 19 heavy (non-hydrogen) atoms. The smallest absolute Gasteiger partial charge is 0.167 e. The monoisotopic (exact) mass is 252 g/mol. The first-order valence-corrected chi connectivity index (χ1v) is 6.64. The summed E-state index contributed by atoms with van der Waals surface area (Å²) in [5.74, 6) is 0.209. The number of hydrogen-bond donors (Lipinski definition) is 0. The van der Waals surface area contributed by atoms with Crippen molar-refractivity contribution in [2.24, 2.45) is 0 Å². The number of carbonyl (C=O) groups is 1. The van der Waals surface area contributed by atoms with E-state index in [1.807, 2.05) is 32.0 Å². The second kappa shape index (κ2) is 5.40. The zero-order chi connectivity index (χ0) is 14.0. The van der Waals surface area contributed by atoms with Crippen molar-refractivity contribution in [3.05, 3.63) is 69.8 Å². The highest BCUT2D eigenvalue weighted by atomic mass is 16.1. The maximum atomic E-state index is 12.5. The lowest BCUT2D eigenvalue weighted by Gasteiger charge is -2.09. The van der Waals surface area contributed by atoms with E-state index in [1.165, 1.54) is 11.1 Å². The van der Waals surface area contributed by atoms with Gasteiger partial charge in [-0.3, -0.25) is 4.79 Å². The molecule has 2 aromatic rings. The van der Waals surface area contributed by atoms with E-state index in [-0.39, 0.29) is 5.78 Å². The lowest BCUT2D eigenvalue weighted by Crippen LogP contribution is -2.08. The Bertz CT molecular complexity index is 583. The fraction of sp³-hybridized carbons (Fsp3) is 0.278. The van der Waals surface area contributed by atoms with Gasteiger partial charge < -0.3 is 0 Å². The Morgan fingerprint density at radius 3 is 1.95 bits per heavy atom. The molecule has 2 aromatic carbocycles. The van der Waals surface area contributed by atoms with E-state index in [9.17, 15) is 4.79 Å². The molecule has 0 heterocycles. The van der Waals surface area contributed by atoms with Gasteiger partial charge in [-0.2, -0.15) is 0 Å². The molecule has 0 bridgehead atoms. The van der Waals surface area contributed by atoms with Crippen LogP contribution in [0.4, 0.5) is 0 Å². The molecule has 0 fully saturated rings. The van der Waals surface area contributed by atoms with Crippen LogP contribution in [-0.4, -0.2) is 5.78 Å². The van der Waals surface area contributed by atoms with E-state index in [1.54, 1.807) is 0 Å². The number of benzene rings is 2. The van der Waals surface area contributed by atoms with E-state index < -0.39 is 0 Å². The third-order valence-electron chi connectivity index (χ3n) is 3.41. The second-order valence-electron chi connectivity index (χ2n) is 5.36. The highest BCUT2D eigenvalue weighted by Gasteiger charge is 2.12. The van der Waals surface area contributed by atoms with Crippen molar-refractivity contribution < 1.29 is 4.79 Å². The quantitative estimate of drug-likeness (QED) is 0.742. The van der Waals surface area contributed by atoms with Crippen LogP contribution >= 0.6 is 0 Å². The number of Topliss-reactive ketones (excluding diaryl/α,β-unsaturated/α-hetero) is 1. The van der Waals surface area contributed by atoms with Crippen LogP contribution in [0, 0.1) is 27.7 Å². The van der Waals surface area contributed by atoms with Gasteiger partial charge in [0.15, 0.2) is 5.78 Å². The maximum absolute atomic E-state index is 12.5. The highest BCUT2D eigenvalue weighted by Crippen LogP contribution is 2.17. The van der Waals surface area contributed by atoms with Gasteiger partial charge in [-0.1, -0.05) is 47.5 Å². The predicted molar refractivity (Wildman–Crippen MR) is 79.9 cm³/mol. The Kier molecular flexibility index (Phi) is 3.84. The molecule has 0 saturated heterocycles. The minimum atomic E-state index is 0.209. The van der Waals surface area contributed by atoms with Gasteiger partial charge >= 0.3 is 0 Å². The topological polar surface area (TPSA) is 17.1 Å². The Morgan fingerprint density at radius 2 is 1.42 bits per heavy atom. The molecule has 0 N–H and O–H groups in total. The largest absolute Gasteiger partial charge is 0.294 e. The molecule has 0 spiro atoms. The molecule has 0 atom stereocenters. The molecule has 0 unspecified atom stereocenters. The number of hydrogen-bond acceptors (Lipinski definition) is 1. The third-order valence-corrected chi connectivity index (χ3v) is 3.41. The van der Waals surface area contributed by atoms with Crippen molar-refractivity contribution in [2.75, 3.05) is 0 Å². The van der Waals surface area contributed by atoms with E-state index in [0.717, 1.165) is 22.3 Å². The lowest BCUT2D eigenvalue weighted by molar-refractivity contribution is 0.0992. The summed E-state index contributed by atoms with van der Waals surface area (Å²) in [6.07, 6.45) is 0.480. The molecular formula is C18H20O. The summed E-state index contributed by atoms with van der Waals surface area (Å²) < 4.78 is 0. The first-order chi connectivity index (χ1) is 8.97. The molecule has 0 saturated carbocycles.